The van der Waals surface area contributed by atoms with E-state index in [2.05, 4.69) is 53.1 Å². The van der Waals surface area contributed by atoms with Crippen molar-refractivity contribution in [2.45, 2.75) is 51.1 Å². The zero-order chi connectivity index (χ0) is 18.2. The molecule has 6 heteroatoms. The molecule has 1 saturated heterocycles. The van der Waals surface area contributed by atoms with Gasteiger partial charge in [0.05, 0.1) is 18.9 Å². The van der Waals surface area contributed by atoms with Gasteiger partial charge in [-0.15, -0.1) is 0 Å². The predicted octanol–water partition coefficient (Wildman–Crippen LogP) is 1.82. The number of nitrogens with zero attached hydrogens (tertiary/aromatic N) is 1. The number of hydrogen-bond donors (Lipinski definition) is 3. The fourth-order valence-electron chi connectivity index (χ4n) is 4.01. The van der Waals surface area contributed by atoms with Crippen LogP contribution in [0.3, 0.4) is 0 Å². The summed E-state index contributed by atoms with van der Waals surface area (Å²) in [5.74, 6) is 0. The predicted molar refractivity (Wildman–Crippen MR) is 110 cm³/mol. The van der Waals surface area contributed by atoms with E-state index in [1.165, 1.54) is 42.6 Å². The van der Waals surface area contributed by atoms with E-state index in [0.29, 0.717) is 11.2 Å². The highest BCUT2D eigenvalue weighted by Gasteiger charge is 2.29. The molecule has 1 aliphatic carbocycles. The van der Waals surface area contributed by atoms with E-state index in [1.54, 1.807) is 0 Å². The Morgan fingerprint density at radius 1 is 1.15 bits per heavy atom. The van der Waals surface area contributed by atoms with Gasteiger partial charge in [0, 0.05) is 11.6 Å². The number of thiocarbonyl (C=S) groups is 1. The van der Waals surface area contributed by atoms with Crippen molar-refractivity contribution in [2.75, 3.05) is 26.3 Å². The molecule has 1 atom stereocenters. The van der Waals surface area contributed by atoms with Gasteiger partial charge in [0.25, 0.3) is 0 Å². The lowest BCUT2D eigenvalue weighted by Gasteiger charge is -2.31. The largest absolute Gasteiger partial charge is 0.370 e. The van der Waals surface area contributed by atoms with Crippen LogP contribution in [0.4, 0.5) is 0 Å². The van der Waals surface area contributed by atoms with Crippen LogP contribution >= 0.6 is 12.2 Å². The average Bonchev–Trinajstić information content (AvgIpc) is 2.69. The fraction of sp³-hybridized carbons (Fsp3) is 0.600. The molecule has 26 heavy (non-hydrogen) atoms. The summed E-state index contributed by atoms with van der Waals surface area (Å²) < 4.78 is 5.54. The van der Waals surface area contributed by atoms with E-state index in [-0.39, 0.29) is 6.04 Å². The summed E-state index contributed by atoms with van der Waals surface area (Å²) in [6.07, 6.45) is 6.33. The van der Waals surface area contributed by atoms with Gasteiger partial charge in [-0.3, -0.25) is 5.43 Å². The second kappa shape index (κ2) is 10.00. The monoisotopic (exact) mass is 375 g/mol. The molecule has 2 fully saturated rings. The highest BCUT2D eigenvalue weighted by atomic mass is 32.1. The van der Waals surface area contributed by atoms with E-state index in [0.717, 1.165) is 32.0 Å². The zero-order valence-electron chi connectivity index (χ0n) is 15.7. The number of ether oxygens (including phenoxy) is 1. The van der Waals surface area contributed by atoms with Crippen LogP contribution < -0.4 is 15.6 Å². The molecule has 0 spiro atoms. The van der Waals surface area contributed by atoms with Gasteiger partial charge in [0.1, 0.15) is 13.1 Å². The molecule has 3 N–H and O–H groups in total. The molecule has 1 aromatic carbocycles. The lowest BCUT2D eigenvalue weighted by atomic mass is 9.96. The first kappa shape index (κ1) is 19.3. The van der Waals surface area contributed by atoms with Crippen molar-refractivity contribution in [3.05, 3.63) is 35.9 Å². The standard InChI is InChI=1S/C20H30N4OS/c1-16(22-23-20(26)21-18-10-6-3-7-11-18)19(17-8-4-2-5-9-17)24-12-14-25-15-13-24/h2,4-5,8-9,18-19H,3,6-7,10-15H2,1H3,(H2,21,23,26)/p+1/b22-16-/t19-/m1/s1. The van der Waals surface area contributed by atoms with Crippen LogP contribution in [-0.2, 0) is 4.74 Å². The van der Waals surface area contributed by atoms with Crippen LogP contribution in [0.15, 0.2) is 35.4 Å². The van der Waals surface area contributed by atoms with Crippen LogP contribution in [0.25, 0.3) is 0 Å². The number of nitrogens with one attached hydrogen (secondary N) is 3. The molecule has 1 aliphatic heterocycles. The Balaban J connectivity index is 1.64. The fourth-order valence-corrected chi connectivity index (χ4v) is 4.22. The molecule has 2 aliphatic rings. The van der Waals surface area contributed by atoms with E-state index in [4.69, 9.17) is 17.0 Å². The van der Waals surface area contributed by atoms with Crippen LogP contribution in [0.5, 0.6) is 0 Å². The van der Waals surface area contributed by atoms with Crippen molar-refractivity contribution in [1.29, 1.82) is 0 Å². The lowest BCUT2D eigenvalue weighted by Crippen LogP contribution is -3.15. The molecular formula is C20H31N4OS+. The normalized spacial score (nSPS) is 21.2. The molecular weight excluding hydrogens is 344 g/mol. The van der Waals surface area contributed by atoms with E-state index in [1.807, 2.05) is 0 Å². The summed E-state index contributed by atoms with van der Waals surface area (Å²) in [5, 5.41) is 8.70. The Kier molecular flexibility index (Phi) is 7.41. The molecule has 142 valence electrons. The minimum absolute atomic E-state index is 0.227. The van der Waals surface area contributed by atoms with Crippen LogP contribution in [0, 0.1) is 0 Å². The summed E-state index contributed by atoms with van der Waals surface area (Å²) in [6.45, 7) is 5.70. The molecule has 1 saturated carbocycles. The van der Waals surface area contributed by atoms with Gasteiger partial charge in [0.15, 0.2) is 11.2 Å². The summed E-state index contributed by atoms with van der Waals surface area (Å²) in [5.41, 5.74) is 5.43. The first-order chi connectivity index (χ1) is 12.7. The zero-order valence-corrected chi connectivity index (χ0v) is 16.5. The van der Waals surface area contributed by atoms with Crippen molar-refractivity contribution < 1.29 is 9.64 Å². The first-order valence-corrected chi connectivity index (χ1v) is 10.2. The van der Waals surface area contributed by atoms with Gasteiger partial charge < -0.3 is 15.0 Å². The van der Waals surface area contributed by atoms with Gasteiger partial charge in [-0.2, -0.15) is 5.10 Å². The van der Waals surface area contributed by atoms with Crippen molar-refractivity contribution in [2.24, 2.45) is 5.10 Å². The number of hydrogen-bond acceptors (Lipinski definition) is 3. The smallest absolute Gasteiger partial charge is 0.187 e. The van der Waals surface area contributed by atoms with Gasteiger partial charge >= 0.3 is 0 Å². The maximum atomic E-state index is 5.54. The Hall–Kier alpha value is -1.50. The molecule has 3 rings (SSSR count). The maximum absolute atomic E-state index is 5.54. The molecule has 0 bridgehead atoms. The first-order valence-electron chi connectivity index (χ1n) is 9.82. The number of rotatable bonds is 5. The minimum Gasteiger partial charge on any atom is -0.370 e. The van der Waals surface area contributed by atoms with Gasteiger partial charge in [0.2, 0.25) is 0 Å². The van der Waals surface area contributed by atoms with Gasteiger partial charge in [-0.25, -0.2) is 0 Å². The summed E-state index contributed by atoms with van der Waals surface area (Å²) in [7, 11) is 0. The van der Waals surface area contributed by atoms with E-state index in [9.17, 15) is 0 Å². The molecule has 1 heterocycles. The second-order valence-electron chi connectivity index (χ2n) is 7.29. The van der Waals surface area contributed by atoms with E-state index < -0.39 is 0 Å². The second-order valence-corrected chi connectivity index (χ2v) is 7.70. The van der Waals surface area contributed by atoms with Crippen LogP contribution in [-0.4, -0.2) is 43.2 Å². The Bertz CT molecular complexity index is 595. The maximum Gasteiger partial charge on any atom is 0.187 e. The molecule has 0 unspecified atom stereocenters. The number of benzene rings is 1. The summed E-state index contributed by atoms with van der Waals surface area (Å²) >= 11 is 5.46. The Labute approximate surface area is 162 Å². The van der Waals surface area contributed by atoms with Gasteiger partial charge in [-0.05, 0) is 32.0 Å². The third-order valence-corrected chi connectivity index (χ3v) is 5.58. The van der Waals surface area contributed by atoms with Crippen molar-refractivity contribution in [3.8, 4) is 0 Å². The van der Waals surface area contributed by atoms with Crippen molar-refractivity contribution in [1.82, 2.24) is 10.7 Å². The molecule has 1 aromatic rings. The molecule has 0 amide bonds. The Morgan fingerprint density at radius 2 is 1.85 bits per heavy atom. The SMILES string of the molecule is C/C(=N/NC(=S)NC1CCCCC1)[C@H](c1ccccc1)[NH+]1CCOCC1. The highest BCUT2D eigenvalue weighted by Crippen LogP contribution is 2.17. The van der Waals surface area contributed by atoms with Gasteiger partial charge in [-0.1, -0.05) is 49.6 Å². The summed E-state index contributed by atoms with van der Waals surface area (Å²) in [4.78, 5) is 1.50. The highest BCUT2D eigenvalue weighted by molar-refractivity contribution is 7.80. The van der Waals surface area contributed by atoms with Crippen molar-refractivity contribution in [3.63, 3.8) is 0 Å². The Morgan fingerprint density at radius 3 is 2.54 bits per heavy atom. The topological polar surface area (TPSA) is 50.1 Å². The van der Waals surface area contributed by atoms with Crippen LogP contribution in [0.2, 0.25) is 0 Å². The van der Waals surface area contributed by atoms with E-state index >= 15 is 0 Å². The number of quaternary nitrogens is 1. The minimum atomic E-state index is 0.227. The van der Waals surface area contributed by atoms with Crippen LogP contribution in [0.1, 0.15) is 50.6 Å². The number of morpholine rings is 1. The van der Waals surface area contributed by atoms with Crippen molar-refractivity contribution >= 4 is 23.0 Å². The molecule has 5 nitrogen and oxygen atoms in total. The molecule has 0 radical (unpaired) electrons. The third-order valence-electron chi connectivity index (χ3n) is 5.37. The quantitative estimate of drug-likeness (QED) is 0.417. The molecule has 0 aromatic heterocycles. The number of hydrazone groups is 1. The average molecular weight is 376 g/mol. The summed E-state index contributed by atoms with van der Waals surface area (Å²) in [6, 6.07) is 11.3. The third kappa shape index (κ3) is 5.50. The lowest BCUT2D eigenvalue weighted by molar-refractivity contribution is -0.928.